The number of hydrogen-bond donors (Lipinski definition) is 1. The Kier molecular flexibility index (Phi) is 6.19. The number of carbonyl (C=O) groups is 2. The molecular formula is C16H19F3N2O3. The molecule has 0 saturated carbocycles. The van der Waals surface area contributed by atoms with Gasteiger partial charge in [0.1, 0.15) is 0 Å². The number of rotatable bonds is 5. The molecular weight excluding hydrogens is 325 g/mol. The maximum Gasteiger partial charge on any atom is 0.412 e. The normalized spacial score (nSPS) is 16.5. The third kappa shape index (κ3) is 5.23. The molecule has 1 saturated heterocycles. The van der Waals surface area contributed by atoms with Crippen LogP contribution < -0.4 is 5.32 Å². The molecule has 1 aliphatic heterocycles. The first-order valence-electron chi connectivity index (χ1n) is 7.64. The van der Waals surface area contributed by atoms with E-state index in [1.807, 2.05) is 5.32 Å². The molecule has 0 aromatic heterocycles. The monoisotopic (exact) mass is 344 g/mol. The molecule has 1 unspecified atom stereocenters. The first kappa shape index (κ1) is 18.3. The molecule has 1 aromatic rings. The fourth-order valence-corrected chi connectivity index (χ4v) is 2.42. The molecule has 1 N–H and O–H groups in total. The van der Waals surface area contributed by atoms with Crippen LogP contribution >= 0.6 is 0 Å². The van der Waals surface area contributed by atoms with E-state index in [1.54, 1.807) is 11.0 Å². The zero-order chi connectivity index (χ0) is 17.6. The molecule has 1 heterocycles. The second kappa shape index (κ2) is 8.14. The van der Waals surface area contributed by atoms with Gasteiger partial charge in [-0.3, -0.25) is 9.59 Å². The predicted octanol–water partition coefficient (Wildman–Crippen LogP) is 2.05. The first-order chi connectivity index (χ1) is 11.4. The molecule has 0 bridgehead atoms. The summed E-state index contributed by atoms with van der Waals surface area (Å²) in [5.74, 6) is -1.06. The average molecular weight is 344 g/mol. The van der Waals surface area contributed by atoms with Crippen molar-refractivity contribution in [2.45, 2.75) is 25.1 Å². The topological polar surface area (TPSA) is 58.6 Å². The molecule has 1 aromatic carbocycles. The smallest absolute Gasteiger partial charge is 0.378 e. The van der Waals surface area contributed by atoms with Crippen molar-refractivity contribution >= 4 is 11.8 Å². The lowest BCUT2D eigenvalue weighted by atomic mass is 10.1. The SMILES string of the molecule is O=C(CCC(=O)N1CCOCC1)NC(c1ccccc1)C(F)(F)F. The van der Waals surface area contributed by atoms with E-state index >= 15 is 0 Å². The van der Waals surface area contributed by atoms with Crippen LogP contribution in [-0.4, -0.2) is 49.2 Å². The average Bonchev–Trinajstić information content (AvgIpc) is 2.58. The lowest BCUT2D eigenvalue weighted by Crippen LogP contribution is -2.42. The summed E-state index contributed by atoms with van der Waals surface area (Å²) in [6.07, 6.45) is -5.01. The summed E-state index contributed by atoms with van der Waals surface area (Å²) < 4.78 is 44.6. The van der Waals surface area contributed by atoms with Crippen LogP contribution in [0, 0.1) is 0 Å². The fraction of sp³-hybridized carbons (Fsp3) is 0.500. The number of morpholine rings is 1. The van der Waals surface area contributed by atoms with Crippen LogP contribution in [0.5, 0.6) is 0 Å². The fourth-order valence-electron chi connectivity index (χ4n) is 2.42. The Bertz CT molecular complexity index is 557. The van der Waals surface area contributed by atoms with Gasteiger partial charge in [-0.2, -0.15) is 13.2 Å². The van der Waals surface area contributed by atoms with Gasteiger partial charge in [0.25, 0.3) is 0 Å². The Balaban J connectivity index is 1.90. The molecule has 5 nitrogen and oxygen atoms in total. The van der Waals surface area contributed by atoms with Crippen molar-refractivity contribution in [2.75, 3.05) is 26.3 Å². The summed E-state index contributed by atoms with van der Waals surface area (Å²) in [5, 5.41) is 1.97. The van der Waals surface area contributed by atoms with Crippen molar-refractivity contribution in [3.8, 4) is 0 Å². The number of amides is 2. The van der Waals surface area contributed by atoms with Crippen molar-refractivity contribution in [3.05, 3.63) is 35.9 Å². The largest absolute Gasteiger partial charge is 0.412 e. The van der Waals surface area contributed by atoms with E-state index < -0.39 is 18.1 Å². The molecule has 0 aliphatic carbocycles. The summed E-state index contributed by atoms with van der Waals surface area (Å²) in [6.45, 7) is 1.75. The third-order valence-corrected chi connectivity index (χ3v) is 3.70. The number of hydrogen-bond acceptors (Lipinski definition) is 3. The van der Waals surface area contributed by atoms with Crippen LogP contribution in [0.1, 0.15) is 24.4 Å². The van der Waals surface area contributed by atoms with E-state index in [-0.39, 0.29) is 24.3 Å². The number of carbonyl (C=O) groups excluding carboxylic acids is 2. The highest BCUT2D eigenvalue weighted by molar-refractivity contribution is 5.84. The second-order valence-corrected chi connectivity index (χ2v) is 5.45. The Morgan fingerprint density at radius 2 is 1.75 bits per heavy atom. The molecule has 1 fully saturated rings. The highest BCUT2D eigenvalue weighted by Gasteiger charge is 2.41. The summed E-state index contributed by atoms with van der Waals surface area (Å²) in [4.78, 5) is 25.3. The van der Waals surface area contributed by atoms with Gasteiger partial charge in [0.15, 0.2) is 6.04 Å². The van der Waals surface area contributed by atoms with Gasteiger partial charge in [-0.1, -0.05) is 30.3 Å². The predicted molar refractivity (Wildman–Crippen MR) is 80.0 cm³/mol. The minimum absolute atomic E-state index is 0.0437. The highest BCUT2D eigenvalue weighted by Crippen LogP contribution is 2.32. The summed E-state index contributed by atoms with van der Waals surface area (Å²) in [6, 6.07) is 5.07. The van der Waals surface area contributed by atoms with Crippen molar-refractivity contribution in [2.24, 2.45) is 0 Å². The standard InChI is InChI=1S/C16H19F3N2O3/c17-16(18,19)15(12-4-2-1-3-5-12)20-13(22)6-7-14(23)21-8-10-24-11-9-21/h1-5,15H,6-11H2,(H,20,22). The van der Waals surface area contributed by atoms with E-state index in [9.17, 15) is 22.8 Å². The zero-order valence-electron chi connectivity index (χ0n) is 13.0. The molecule has 2 rings (SSSR count). The van der Waals surface area contributed by atoms with E-state index in [0.29, 0.717) is 26.3 Å². The van der Waals surface area contributed by atoms with Crippen molar-refractivity contribution in [1.29, 1.82) is 0 Å². The first-order valence-corrected chi connectivity index (χ1v) is 7.64. The van der Waals surface area contributed by atoms with Crippen LogP contribution in [0.3, 0.4) is 0 Å². The molecule has 1 aliphatic rings. The second-order valence-electron chi connectivity index (χ2n) is 5.45. The van der Waals surface area contributed by atoms with Gasteiger partial charge in [0.2, 0.25) is 11.8 Å². The third-order valence-electron chi connectivity index (χ3n) is 3.70. The molecule has 132 valence electrons. The minimum Gasteiger partial charge on any atom is -0.378 e. The van der Waals surface area contributed by atoms with Crippen LogP contribution in [0.15, 0.2) is 30.3 Å². The Morgan fingerprint density at radius 1 is 1.12 bits per heavy atom. The quantitative estimate of drug-likeness (QED) is 0.889. The molecule has 2 amide bonds. The van der Waals surface area contributed by atoms with Crippen LogP contribution in [0.2, 0.25) is 0 Å². The van der Waals surface area contributed by atoms with Gasteiger partial charge in [-0.25, -0.2) is 0 Å². The number of ether oxygens (including phenoxy) is 1. The van der Waals surface area contributed by atoms with E-state index in [0.717, 1.165) is 0 Å². The van der Waals surface area contributed by atoms with Crippen molar-refractivity contribution < 1.29 is 27.5 Å². The number of alkyl halides is 3. The summed E-state index contributed by atoms with van der Waals surface area (Å²) >= 11 is 0. The molecule has 24 heavy (non-hydrogen) atoms. The van der Waals surface area contributed by atoms with Gasteiger partial charge in [0, 0.05) is 25.9 Å². The van der Waals surface area contributed by atoms with E-state index in [4.69, 9.17) is 4.74 Å². The Labute approximate surface area is 137 Å². The molecule has 0 spiro atoms. The van der Waals surface area contributed by atoms with Crippen LogP contribution in [0.4, 0.5) is 13.2 Å². The molecule has 0 radical (unpaired) electrons. The van der Waals surface area contributed by atoms with Gasteiger partial charge in [0.05, 0.1) is 13.2 Å². The zero-order valence-corrected chi connectivity index (χ0v) is 13.0. The molecule has 1 atom stereocenters. The Hall–Kier alpha value is -2.09. The maximum absolute atomic E-state index is 13.2. The van der Waals surface area contributed by atoms with Crippen molar-refractivity contribution in [1.82, 2.24) is 10.2 Å². The number of halogens is 3. The lowest BCUT2D eigenvalue weighted by molar-refractivity contribution is -0.163. The van der Waals surface area contributed by atoms with E-state index in [2.05, 4.69) is 0 Å². The van der Waals surface area contributed by atoms with E-state index in [1.165, 1.54) is 24.3 Å². The summed E-state index contributed by atoms with van der Waals surface area (Å²) in [5.41, 5.74) is -0.0437. The van der Waals surface area contributed by atoms with Gasteiger partial charge in [-0.15, -0.1) is 0 Å². The van der Waals surface area contributed by atoms with Gasteiger partial charge >= 0.3 is 6.18 Å². The van der Waals surface area contributed by atoms with Crippen molar-refractivity contribution in [3.63, 3.8) is 0 Å². The number of benzene rings is 1. The summed E-state index contributed by atoms with van der Waals surface area (Å²) in [7, 11) is 0. The molecule has 8 heteroatoms. The van der Waals surface area contributed by atoms with Gasteiger partial charge in [-0.05, 0) is 5.56 Å². The number of nitrogens with zero attached hydrogens (tertiary/aromatic N) is 1. The maximum atomic E-state index is 13.2. The minimum atomic E-state index is -4.61. The van der Waals surface area contributed by atoms with Gasteiger partial charge < -0.3 is 15.0 Å². The highest BCUT2D eigenvalue weighted by atomic mass is 19.4. The van der Waals surface area contributed by atoms with Crippen LogP contribution in [0.25, 0.3) is 0 Å². The van der Waals surface area contributed by atoms with Crippen LogP contribution in [-0.2, 0) is 14.3 Å². The lowest BCUT2D eigenvalue weighted by Gasteiger charge is -2.27. The number of nitrogens with one attached hydrogen (secondary N) is 1. The Morgan fingerprint density at radius 3 is 2.33 bits per heavy atom.